The zero-order valence-electron chi connectivity index (χ0n) is 13.3. The van der Waals surface area contributed by atoms with Gasteiger partial charge in [-0.15, -0.1) is 0 Å². The molecule has 3 rings (SSSR count). The van der Waals surface area contributed by atoms with Crippen LogP contribution in [0.5, 0.6) is 5.75 Å². The molecular weight excluding hydrogens is 377 g/mol. The molecule has 0 aromatic heterocycles. The van der Waals surface area contributed by atoms with Gasteiger partial charge in [-0.25, -0.2) is 0 Å². The Kier molecular flexibility index (Phi) is 3.32. The van der Waals surface area contributed by atoms with Gasteiger partial charge in [0.15, 0.2) is 0 Å². The van der Waals surface area contributed by atoms with Crippen LogP contribution in [-0.2, 0) is 17.6 Å². The molecule has 3 nitrogen and oxygen atoms in total. The second-order valence-electron chi connectivity index (χ2n) is 7.21. The zero-order chi connectivity index (χ0) is 15.6. The van der Waals surface area contributed by atoms with Gasteiger partial charge >= 0.3 is 0 Å². The number of carbonyl (C=O) groups excluding carboxylic acids is 1. The molecule has 0 bridgehead atoms. The average molecular weight is 399 g/mol. The number of nitrogens with zero attached hydrogens (tertiary/aromatic N) is 1. The number of fused-ring (bicyclic) bond motifs is 2. The number of rotatable bonds is 2. The Bertz CT molecular complexity index is 638. The van der Waals surface area contributed by atoms with Crippen molar-refractivity contribution >= 4 is 34.7 Å². The maximum atomic E-state index is 11.6. The van der Waals surface area contributed by atoms with Crippen LogP contribution in [0, 0.1) is 13.8 Å². The van der Waals surface area contributed by atoms with E-state index < -0.39 is 0 Å². The number of benzene rings is 1. The second kappa shape index (κ2) is 4.61. The van der Waals surface area contributed by atoms with Crippen LogP contribution in [0.2, 0.25) is 0 Å². The second-order valence-corrected chi connectivity index (χ2v) is 7.97. The summed E-state index contributed by atoms with van der Waals surface area (Å²) in [5.74, 6) is 1.06. The molecule has 1 aromatic rings. The van der Waals surface area contributed by atoms with Gasteiger partial charge in [0, 0.05) is 22.0 Å². The van der Waals surface area contributed by atoms with Crippen molar-refractivity contribution in [3.63, 3.8) is 0 Å². The molecule has 2 aliphatic rings. The van der Waals surface area contributed by atoms with Crippen molar-refractivity contribution in [1.29, 1.82) is 0 Å². The van der Waals surface area contributed by atoms with Crippen molar-refractivity contribution in [2.24, 2.45) is 0 Å². The first-order valence-corrected chi connectivity index (χ1v) is 8.91. The summed E-state index contributed by atoms with van der Waals surface area (Å²) in [6.07, 6.45) is 2.81. The summed E-state index contributed by atoms with van der Waals surface area (Å²) in [6.45, 7) is 10.7. The van der Waals surface area contributed by atoms with E-state index in [0.29, 0.717) is 0 Å². The summed E-state index contributed by atoms with van der Waals surface area (Å²) in [6, 6.07) is 0. The van der Waals surface area contributed by atoms with Crippen molar-refractivity contribution < 1.29 is 9.53 Å². The Labute approximate surface area is 140 Å². The summed E-state index contributed by atoms with van der Waals surface area (Å²) in [7, 11) is 0. The third kappa shape index (κ3) is 2.01. The maximum Gasteiger partial charge on any atom is 0.214 e. The third-order valence-corrected chi connectivity index (χ3v) is 6.56. The van der Waals surface area contributed by atoms with E-state index in [4.69, 9.17) is 4.74 Å². The van der Waals surface area contributed by atoms with E-state index in [1.165, 1.54) is 22.3 Å². The zero-order valence-corrected chi connectivity index (χ0v) is 15.5. The lowest BCUT2D eigenvalue weighted by molar-refractivity contribution is -0.108. The number of halogens is 1. The Balaban J connectivity index is 2.23. The average Bonchev–Trinajstić information content (AvgIpc) is 2.91. The highest BCUT2D eigenvalue weighted by atomic mass is 127. The number of ether oxygens (including phenoxy) is 1. The van der Waals surface area contributed by atoms with E-state index in [1.807, 2.05) is 4.90 Å². The van der Waals surface area contributed by atoms with Crippen LogP contribution >= 0.6 is 22.6 Å². The number of anilines is 1. The normalized spacial score (nSPS) is 25.5. The molecule has 0 N–H and O–H groups in total. The van der Waals surface area contributed by atoms with E-state index in [2.05, 4.69) is 57.2 Å². The summed E-state index contributed by atoms with van der Waals surface area (Å²) < 4.78 is 7.27. The predicted molar refractivity (Wildman–Crippen MR) is 93.9 cm³/mol. The molecule has 1 atom stereocenters. The standard InChI is InChI=1S/C17H22INO2/c1-10-13-7-17(5,8-18)21-15(13)11(2)12-6-16(3,4)19(9-20)14(10)12/h9H,6-8H2,1-5H3. The minimum atomic E-state index is -0.152. The lowest BCUT2D eigenvalue weighted by Crippen LogP contribution is -2.40. The molecule has 4 heteroatoms. The molecule has 0 spiro atoms. The van der Waals surface area contributed by atoms with Crippen molar-refractivity contribution in [2.45, 2.75) is 58.6 Å². The molecule has 0 aliphatic carbocycles. The molecular formula is C17H22INO2. The van der Waals surface area contributed by atoms with Crippen molar-refractivity contribution in [3.05, 3.63) is 22.3 Å². The van der Waals surface area contributed by atoms with Crippen LogP contribution < -0.4 is 9.64 Å². The minimum absolute atomic E-state index is 0.116. The van der Waals surface area contributed by atoms with E-state index in [1.54, 1.807) is 0 Å². The van der Waals surface area contributed by atoms with Crippen LogP contribution in [0.1, 0.15) is 43.0 Å². The highest BCUT2D eigenvalue weighted by molar-refractivity contribution is 14.1. The third-order valence-electron chi connectivity index (χ3n) is 4.95. The predicted octanol–water partition coefficient (Wildman–Crippen LogP) is 3.73. The molecule has 0 saturated carbocycles. The summed E-state index contributed by atoms with van der Waals surface area (Å²) in [5.41, 5.74) is 5.85. The fraction of sp³-hybridized carbons (Fsp3) is 0.588. The number of alkyl halides is 1. The fourth-order valence-corrected chi connectivity index (χ4v) is 4.15. The summed E-state index contributed by atoms with van der Waals surface area (Å²) >= 11 is 2.39. The Morgan fingerprint density at radius 1 is 1.19 bits per heavy atom. The maximum absolute atomic E-state index is 11.6. The monoisotopic (exact) mass is 399 g/mol. The van der Waals surface area contributed by atoms with E-state index in [-0.39, 0.29) is 11.1 Å². The largest absolute Gasteiger partial charge is 0.486 e. The topological polar surface area (TPSA) is 29.5 Å². The minimum Gasteiger partial charge on any atom is -0.486 e. The molecule has 2 heterocycles. The van der Waals surface area contributed by atoms with Gasteiger partial charge in [-0.1, -0.05) is 22.6 Å². The molecule has 0 fully saturated rings. The number of hydrogen-bond donors (Lipinski definition) is 0. The van der Waals surface area contributed by atoms with Crippen molar-refractivity contribution in [1.82, 2.24) is 0 Å². The fourth-order valence-electron chi connectivity index (χ4n) is 3.72. The first-order valence-electron chi connectivity index (χ1n) is 7.38. The van der Waals surface area contributed by atoms with Gasteiger partial charge in [-0.05, 0) is 57.7 Å². The van der Waals surface area contributed by atoms with Crippen LogP contribution in [0.3, 0.4) is 0 Å². The van der Waals surface area contributed by atoms with Crippen LogP contribution in [-0.4, -0.2) is 22.0 Å². The smallest absolute Gasteiger partial charge is 0.214 e. The molecule has 2 aliphatic heterocycles. The van der Waals surface area contributed by atoms with Gasteiger partial charge in [0.2, 0.25) is 6.41 Å². The summed E-state index contributed by atoms with van der Waals surface area (Å²) in [5, 5.41) is 0. The number of carbonyl (C=O) groups is 1. The van der Waals surface area contributed by atoms with E-state index >= 15 is 0 Å². The quantitative estimate of drug-likeness (QED) is 0.431. The van der Waals surface area contributed by atoms with Gasteiger partial charge in [-0.2, -0.15) is 0 Å². The molecule has 0 saturated heterocycles. The van der Waals surface area contributed by atoms with E-state index in [0.717, 1.165) is 35.1 Å². The highest BCUT2D eigenvalue weighted by Crippen LogP contribution is 2.50. The van der Waals surface area contributed by atoms with Gasteiger partial charge in [0.25, 0.3) is 0 Å². The molecule has 1 aromatic carbocycles. The van der Waals surface area contributed by atoms with E-state index in [9.17, 15) is 4.79 Å². The van der Waals surface area contributed by atoms with Crippen LogP contribution in [0.4, 0.5) is 5.69 Å². The first kappa shape index (κ1) is 15.1. The SMILES string of the molecule is Cc1c2c(c(C)c3c1OC(C)(CI)C3)N(C=O)C(C)(C)C2. The number of hydrogen-bond acceptors (Lipinski definition) is 2. The van der Waals surface area contributed by atoms with Gasteiger partial charge in [0.1, 0.15) is 11.4 Å². The number of amides is 1. The Hall–Kier alpha value is -0.780. The molecule has 1 amide bonds. The Morgan fingerprint density at radius 2 is 1.86 bits per heavy atom. The van der Waals surface area contributed by atoms with Crippen LogP contribution in [0.15, 0.2) is 0 Å². The first-order chi connectivity index (χ1) is 9.74. The van der Waals surface area contributed by atoms with Crippen molar-refractivity contribution in [2.75, 3.05) is 9.33 Å². The molecule has 21 heavy (non-hydrogen) atoms. The molecule has 0 radical (unpaired) electrons. The lowest BCUT2D eigenvalue weighted by Gasteiger charge is -2.29. The van der Waals surface area contributed by atoms with Crippen molar-refractivity contribution in [3.8, 4) is 5.75 Å². The van der Waals surface area contributed by atoms with Gasteiger partial charge < -0.3 is 9.64 Å². The highest BCUT2D eigenvalue weighted by Gasteiger charge is 2.43. The molecule has 114 valence electrons. The van der Waals surface area contributed by atoms with Gasteiger partial charge in [-0.3, -0.25) is 4.79 Å². The van der Waals surface area contributed by atoms with Crippen LogP contribution in [0.25, 0.3) is 0 Å². The van der Waals surface area contributed by atoms with Gasteiger partial charge in [0.05, 0.1) is 5.69 Å². The lowest BCUT2D eigenvalue weighted by atomic mass is 9.91. The summed E-state index contributed by atoms with van der Waals surface area (Å²) in [4.78, 5) is 13.5. The Morgan fingerprint density at radius 3 is 2.43 bits per heavy atom. The molecule has 1 unspecified atom stereocenters.